The average molecular weight is 181 g/mol. The van der Waals surface area contributed by atoms with Crippen LogP contribution >= 0.6 is 0 Å². The molecule has 0 aromatic carbocycles. The van der Waals surface area contributed by atoms with Crippen molar-refractivity contribution in [3.05, 3.63) is 0 Å². The molecule has 0 bridgehead atoms. The zero-order chi connectivity index (χ0) is 9.52. The summed E-state index contributed by atoms with van der Waals surface area (Å²) < 4.78 is 5.60. The Bertz CT molecular complexity index is 186. The lowest BCUT2D eigenvalue weighted by molar-refractivity contribution is -0.000719. The van der Waals surface area contributed by atoms with Crippen molar-refractivity contribution < 1.29 is 4.74 Å². The van der Waals surface area contributed by atoms with Crippen LogP contribution < -0.4 is 5.73 Å². The molecule has 2 N–H and O–H groups in total. The molecule has 0 aromatic heterocycles. The largest absolute Gasteiger partial charge is 0.377 e. The number of nitrogens with two attached hydrogens (primary N) is 1. The smallest absolute Gasteiger partial charge is 0.0726 e. The highest BCUT2D eigenvalue weighted by Gasteiger charge is 2.20. The van der Waals surface area contributed by atoms with Crippen molar-refractivity contribution in [1.29, 1.82) is 0 Å². The molecule has 1 rings (SSSR count). The van der Waals surface area contributed by atoms with Crippen LogP contribution in [0, 0.1) is 11.8 Å². The first kappa shape index (κ1) is 10.6. The lowest BCUT2D eigenvalue weighted by atomic mass is 9.99. The van der Waals surface area contributed by atoms with Gasteiger partial charge in [0.05, 0.1) is 6.10 Å². The molecule has 0 amide bonds. The summed E-state index contributed by atoms with van der Waals surface area (Å²) in [5.74, 6) is 5.91. The molecular formula is C11H19NO. The van der Waals surface area contributed by atoms with Gasteiger partial charge in [-0.2, -0.15) is 0 Å². The van der Waals surface area contributed by atoms with E-state index in [1.807, 2.05) is 6.92 Å². The maximum atomic E-state index is 6.00. The molecule has 1 aliphatic rings. The molecule has 0 spiro atoms. The molecule has 1 fully saturated rings. The summed E-state index contributed by atoms with van der Waals surface area (Å²) in [5.41, 5.74) is 6.00. The molecule has 13 heavy (non-hydrogen) atoms. The van der Waals surface area contributed by atoms with Crippen LogP contribution in [0.3, 0.4) is 0 Å². The predicted molar refractivity (Wildman–Crippen MR) is 54.3 cm³/mol. The Labute approximate surface area is 80.8 Å². The highest BCUT2D eigenvalue weighted by Crippen LogP contribution is 2.16. The Morgan fingerprint density at radius 3 is 3.00 bits per heavy atom. The van der Waals surface area contributed by atoms with Gasteiger partial charge in [0.25, 0.3) is 0 Å². The molecule has 2 atom stereocenters. The summed E-state index contributed by atoms with van der Waals surface area (Å²) in [7, 11) is 0. The Morgan fingerprint density at radius 2 is 2.38 bits per heavy atom. The first-order chi connectivity index (χ1) is 6.34. The number of hydrogen-bond donors (Lipinski definition) is 1. The standard InChI is InChI=1S/C11H19NO/c1-2-3-4-7-10(12)11-8-5-6-9-13-11/h10-11H,4-9,12H2,1H3. The Balaban J connectivity index is 2.19. The normalized spacial score (nSPS) is 24.6. The fraction of sp³-hybridized carbons (Fsp3) is 0.818. The molecule has 1 saturated heterocycles. The zero-order valence-electron chi connectivity index (χ0n) is 8.38. The molecule has 0 aromatic rings. The molecule has 0 saturated carbocycles. The number of ether oxygens (including phenoxy) is 1. The third kappa shape index (κ3) is 3.80. The van der Waals surface area contributed by atoms with Crippen molar-refractivity contribution in [3.63, 3.8) is 0 Å². The van der Waals surface area contributed by atoms with Crippen LogP contribution in [0.15, 0.2) is 0 Å². The second-order valence-corrected chi connectivity index (χ2v) is 3.53. The molecule has 0 aliphatic carbocycles. The maximum Gasteiger partial charge on any atom is 0.0726 e. The van der Waals surface area contributed by atoms with E-state index in [0.29, 0.717) is 0 Å². The van der Waals surface area contributed by atoms with E-state index in [9.17, 15) is 0 Å². The minimum atomic E-state index is 0.182. The van der Waals surface area contributed by atoms with Crippen LogP contribution in [0.2, 0.25) is 0 Å². The van der Waals surface area contributed by atoms with Gasteiger partial charge in [0, 0.05) is 19.1 Å². The van der Waals surface area contributed by atoms with Gasteiger partial charge in [-0.05, 0) is 32.6 Å². The van der Waals surface area contributed by atoms with E-state index in [-0.39, 0.29) is 12.1 Å². The monoisotopic (exact) mass is 181 g/mol. The summed E-state index contributed by atoms with van der Waals surface area (Å²) in [4.78, 5) is 0. The summed E-state index contributed by atoms with van der Waals surface area (Å²) in [6.45, 7) is 2.75. The Hall–Kier alpha value is -0.520. The lowest BCUT2D eigenvalue weighted by Gasteiger charge is -2.27. The summed E-state index contributed by atoms with van der Waals surface area (Å²) >= 11 is 0. The molecule has 1 heterocycles. The van der Waals surface area contributed by atoms with Crippen molar-refractivity contribution in [3.8, 4) is 11.8 Å². The fourth-order valence-corrected chi connectivity index (χ4v) is 1.65. The van der Waals surface area contributed by atoms with Gasteiger partial charge in [-0.3, -0.25) is 0 Å². The van der Waals surface area contributed by atoms with Crippen molar-refractivity contribution in [1.82, 2.24) is 0 Å². The topological polar surface area (TPSA) is 35.2 Å². The van der Waals surface area contributed by atoms with Gasteiger partial charge in [0.1, 0.15) is 0 Å². The average Bonchev–Trinajstić information content (AvgIpc) is 2.19. The maximum absolute atomic E-state index is 6.00. The van der Waals surface area contributed by atoms with E-state index in [0.717, 1.165) is 25.9 Å². The number of hydrogen-bond acceptors (Lipinski definition) is 2. The van der Waals surface area contributed by atoms with Gasteiger partial charge in [0.15, 0.2) is 0 Å². The van der Waals surface area contributed by atoms with Crippen LogP contribution in [0.25, 0.3) is 0 Å². The second kappa shape index (κ2) is 6.01. The molecule has 2 unspecified atom stereocenters. The highest BCUT2D eigenvalue weighted by atomic mass is 16.5. The summed E-state index contributed by atoms with van der Waals surface area (Å²) in [5, 5.41) is 0. The van der Waals surface area contributed by atoms with Gasteiger partial charge >= 0.3 is 0 Å². The van der Waals surface area contributed by atoms with Crippen molar-refractivity contribution in [2.45, 2.75) is 51.2 Å². The first-order valence-electron chi connectivity index (χ1n) is 5.11. The molecule has 2 heteroatoms. The van der Waals surface area contributed by atoms with Crippen LogP contribution in [0.5, 0.6) is 0 Å². The zero-order valence-corrected chi connectivity index (χ0v) is 8.38. The fourth-order valence-electron chi connectivity index (χ4n) is 1.65. The van der Waals surface area contributed by atoms with Gasteiger partial charge in [-0.25, -0.2) is 0 Å². The Kier molecular flexibility index (Phi) is 4.88. The molecular weight excluding hydrogens is 162 g/mol. The van der Waals surface area contributed by atoms with Crippen molar-refractivity contribution in [2.24, 2.45) is 5.73 Å². The first-order valence-corrected chi connectivity index (χ1v) is 5.11. The summed E-state index contributed by atoms with van der Waals surface area (Å²) in [6.07, 6.45) is 5.73. The van der Waals surface area contributed by atoms with Gasteiger partial charge < -0.3 is 10.5 Å². The minimum absolute atomic E-state index is 0.182. The van der Waals surface area contributed by atoms with Gasteiger partial charge in [-0.1, -0.05) is 0 Å². The van der Waals surface area contributed by atoms with E-state index in [1.165, 1.54) is 12.8 Å². The summed E-state index contributed by atoms with van der Waals surface area (Å²) in [6, 6.07) is 0.182. The molecule has 2 nitrogen and oxygen atoms in total. The van der Waals surface area contributed by atoms with Crippen LogP contribution in [-0.4, -0.2) is 18.8 Å². The minimum Gasteiger partial charge on any atom is -0.377 e. The highest BCUT2D eigenvalue weighted by molar-refractivity contribution is 4.96. The quantitative estimate of drug-likeness (QED) is 0.672. The van der Waals surface area contributed by atoms with Crippen molar-refractivity contribution in [2.75, 3.05) is 6.61 Å². The van der Waals surface area contributed by atoms with Crippen LogP contribution in [-0.2, 0) is 4.74 Å². The van der Waals surface area contributed by atoms with Crippen LogP contribution in [0.4, 0.5) is 0 Å². The molecule has 74 valence electrons. The van der Waals surface area contributed by atoms with Crippen molar-refractivity contribution >= 4 is 0 Å². The SMILES string of the molecule is CC#CCCC(N)C1CCCCO1. The third-order valence-corrected chi connectivity index (χ3v) is 2.47. The van der Waals surface area contributed by atoms with Crippen LogP contribution in [0.1, 0.15) is 39.0 Å². The van der Waals surface area contributed by atoms with E-state index < -0.39 is 0 Å². The van der Waals surface area contributed by atoms with Gasteiger partial charge in [-0.15, -0.1) is 11.8 Å². The van der Waals surface area contributed by atoms with Gasteiger partial charge in [0.2, 0.25) is 0 Å². The third-order valence-electron chi connectivity index (χ3n) is 2.47. The predicted octanol–water partition coefficient (Wildman–Crippen LogP) is 1.69. The molecule has 1 aliphatic heterocycles. The Morgan fingerprint density at radius 1 is 1.54 bits per heavy atom. The number of rotatable bonds is 3. The van der Waals surface area contributed by atoms with E-state index >= 15 is 0 Å². The lowest BCUT2D eigenvalue weighted by Crippen LogP contribution is -2.38. The van der Waals surface area contributed by atoms with E-state index in [4.69, 9.17) is 10.5 Å². The van der Waals surface area contributed by atoms with E-state index in [1.54, 1.807) is 0 Å². The van der Waals surface area contributed by atoms with E-state index in [2.05, 4.69) is 11.8 Å². The second-order valence-electron chi connectivity index (χ2n) is 3.53. The molecule has 0 radical (unpaired) electrons.